The third-order valence-electron chi connectivity index (χ3n) is 3.20. The van der Waals surface area contributed by atoms with E-state index in [2.05, 4.69) is 72.1 Å². The minimum Gasteiger partial charge on any atom is -0.378 e. The van der Waals surface area contributed by atoms with Gasteiger partial charge >= 0.3 is 0 Å². The molecule has 1 N–H and O–H groups in total. The molecule has 17 heavy (non-hydrogen) atoms. The van der Waals surface area contributed by atoms with E-state index in [9.17, 15) is 0 Å². The summed E-state index contributed by atoms with van der Waals surface area (Å²) in [6.45, 7) is 0. The van der Waals surface area contributed by atoms with Crippen molar-refractivity contribution in [3.63, 3.8) is 0 Å². The van der Waals surface area contributed by atoms with Gasteiger partial charge in [0.05, 0.1) is 6.04 Å². The second kappa shape index (κ2) is 4.46. The average molecular weight is 221 g/mol. The summed E-state index contributed by atoms with van der Waals surface area (Å²) in [5.41, 5.74) is 2.55. The Kier molecular flexibility index (Phi) is 2.66. The van der Waals surface area contributed by atoms with Crippen molar-refractivity contribution in [2.24, 2.45) is 5.92 Å². The van der Waals surface area contributed by atoms with Crippen LogP contribution in [0, 0.1) is 5.92 Å². The molecule has 0 aliphatic heterocycles. The van der Waals surface area contributed by atoms with Crippen LogP contribution in [0.4, 0.5) is 5.69 Å². The molecule has 2 unspecified atom stereocenters. The van der Waals surface area contributed by atoms with Crippen molar-refractivity contribution < 1.29 is 0 Å². The fourth-order valence-corrected chi connectivity index (χ4v) is 2.34. The Morgan fingerprint density at radius 3 is 2.65 bits per heavy atom. The van der Waals surface area contributed by atoms with Crippen molar-refractivity contribution in [1.82, 2.24) is 0 Å². The van der Waals surface area contributed by atoms with Gasteiger partial charge in [-0.25, -0.2) is 0 Å². The van der Waals surface area contributed by atoms with E-state index in [1.54, 1.807) is 0 Å². The summed E-state index contributed by atoms with van der Waals surface area (Å²) in [5.74, 6) is 0.449. The summed E-state index contributed by atoms with van der Waals surface area (Å²) in [7, 11) is 0. The molecule has 1 aromatic rings. The number of anilines is 1. The van der Waals surface area contributed by atoms with Crippen molar-refractivity contribution in [3.8, 4) is 0 Å². The van der Waals surface area contributed by atoms with Crippen LogP contribution in [0.5, 0.6) is 0 Å². The van der Waals surface area contributed by atoms with Gasteiger partial charge in [0, 0.05) is 11.6 Å². The van der Waals surface area contributed by atoms with Crippen LogP contribution < -0.4 is 5.32 Å². The number of fused-ring (bicyclic) bond motifs is 1. The van der Waals surface area contributed by atoms with Gasteiger partial charge in [-0.05, 0) is 17.7 Å². The summed E-state index contributed by atoms with van der Waals surface area (Å²) in [5, 5.41) is 3.57. The molecule has 0 radical (unpaired) electrons. The summed E-state index contributed by atoms with van der Waals surface area (Å²) < 4.78 is 0. The maximum atomic E-state index is 3.57. The summed E-state index contributed by atoms with van der Waals surface area (Å²) in [4.78, 5) is 0. The van der Waals surface area contributed by atoms with Crippen LogP contribution in [0.3, 0.4) is 0 Å². The lowest BCUT2D eigenvalue weighted by atomic mass is 9.84. The molecular formula is C16H15N. The Bertz CT molecular complexity index is 506. The van der Waals surface area contributed by atoms with Gasteiger partial charge in [0.25, 0.3) is 0 Å². The fourth-order valence-electron chi connectivity index (χ4n) is 2.34. The zero-order valence-electron chi connectivity index (χ0n) is 9.58. The van der Waals surface area contributed by atoms with E-state index in [1.165, 1.54) is 11.3 Å². The van der Waals surface area contributed by atoms with Gasteiger partial charge in [-0.15, -0.1) is 0 Å². The molecule has 2 aliphatic carbocycles. The molecule has 2 aliphatic rings. The predicted molar refractivity (Wildman–Crippen MR) is 72.8 cm³/mol. The SMILES string of the molecule is C1=CC2=CC=CC(Nc3ccccc3)C2C=C1. The molecule has 1 aromatic carbocycles. The molecule has 1 nitrogen and oxygen atoms in total. The van der Waals surface area contributed by atoms with E-state index in [0.29, 0.717) is 12.0 Å². The smallest absolute Gasteiger partial charge is 0.0550 e. The van der Waals surface area contributed by atoms with Crippen molar-refractivity contribution in [1.29, 1.82) is 0 Å². The van der Waals surface area contributed by atoms with Crippen LogP contribution in [-0.4, -0.2) is 6.04 Å². The monoisotopic (exact) mass is 221 g/mol. The van der Waals surface area contributed by atoms with E-state index in [4.69, 9.17) is 0 Å². The highest BCUT2D eigenvalue weighted by Gasteiger charge is 2.22. The first-order chi connectivity index (χ1) is 8.43. The van der Waals surface area contributed by atoms with E-state index < -0.39 is 0 Å². The maximum Gasteiger partial charge on any atom is 0.0550 e. The van der Waals surface area contributed by atoms with Gasteiger partial charge in [0.1, 0.15) is 0 Å². The minimum absolute atomic E-state index is 0.346. The Morgan fingerprint density at radius 2 is 1.76 bits per heavy atom. The first-order valence-corrected chi connectivity index (χ1v) is 5.98. The third-order valence-corrected chi connectivity index (χ3v) is 3.20. The molecule has 84 valence electrons. The van der Waals surface area contributed by atoms with E-state index in [0.717, 1.165) is 0 Å². The highest BCUT2D eigenvalue weighted by Crippen LogP contribution is 2.28. The molecule has 2 atom stereocenters. The lowest BCUT2D eigenvalue weighted by Gasteiger charge is -2.28. The van der Waals surface area contributed by atoms with Gasteiger partial charge in [-0.2, -0.15) is 0 Å². The third kappa shape index (κ3) is 2.09. The van der Waals surface area contributed by atoms with E-state index in [-0.39, 0.29) is 0 Å². The van der Waals surface area contributed by atoms with Crippen LogP contribution in [0.15, 0.2) is 78.4 Å². The molecule has 0 heterocycles. The lowest BCUT2D eigenvalue weighted by molar-refractivity contribution is 0.696. The van der Waals surface area contributed by atoms with Crippen molar-refractivity contribution in [3.05, 3.63) is 78.4 Å². The molecule has 1 heteroatoms. The zero-order valence-corrected chi connectivity index (χ0v) is 9.58. The Labute approximate surface area is 102 Å². The quantitative estimate of drug-likeness (QED) is 0.802. The van der Waals surface area contributed by atoms with Crippen LogP contribution in [0.1, 0.15) is 0 Å². The molecule has 3 rings (SSSR count). The summed E-state index contributed by atoms with van der Waals surface area (Å²) in [6.07, 6.45) is 15.2. The van der Waals surface area contributed by atoms with Crippen molar-refractivity contribution in [2.75, 3.05) is 5.32 Å². The maximum absolute atomic E-state index is 3.57. The molecule has 0 spiro atoms. The molecule has 0 saturated heterocycles. The Hall–Kier alpha value is -2.02. The van der Waals surface area contributed by atoms with Crippen LogP contribution >= 0.6 is 0 Å². The fraction of sp³-hybridized carbons (Fsp3) is 0.125. The van der Waals surface area contributed by atoms with Crippen LogP contribution in [0.2, 0.25) is 0 Å². The molecular weight excluding hydrogens is 206 g/mol. The number of hydrogen-bond donors (Lipinski definition) is 1. The second-order valence-electron chi connectivity index (χ2n) is 4.36. The molecule has 0 saturated carbocycles. The topological polar surface area (TPSA) is 12.0 Å². The van der Waals surface area contributed by atoms with E-state index in [1.807, 2.05) is 6.07 Å². The predicted octanol–water partition coefficient (Wildman–Crippen LogP) is 3.71. The summed E-state index contributed by atoms with van der Waals surface area (Å²) >= 11 is 0. The van der Waals surface area contributed by atoms with Gasteiger partial charge in [-0.3, -0.25) is 0 Å². The molecule has 0 aromatic heterocycles. The number of benzene rings is 1. The number of para-hydroxylation sites is 1. The van der Waals surface area contributed by atoms with Crippen LogP contribution in [-0.2, 0) is 0 Å². The first-order valence-electron chi connectivity index (χ1n) is 5.98. The second-order valence-corrected chi connectivity index (χ2v) is 4.36. The zero-order chi connectivity index (χ0) is 11.5. The standard InChI is InChI=1S/C16H15N/c1-2-9-14(10-3-1)17-16-12-6-8-13-7-4-5-11-15(13)16/h1-12,15-17H. The van der Waals surface area contributed by atoms with E-state index >= 15 is 0 Å². The van der Waals surface area contributed by atoms with Crippen molar-refractivity contribution >= 4 is 5.69 Å². The summed E-state index contributed by atoms with van der Waals surface area (Å²) in [6, 6.07) is 10.7. The number of allylic oxidation sites excluding steroid dienone is 5. The average Bonchev–Trinajstić information content (AvgIpc) is 2.40. The lowest BCUT2D eigenvalue weighted by Crippen LogP contribution is -2.29. The Morgan fingerprint density at radius 1 is 0.882 bits per heavy atom. The number of rotatable bonds is 2. The Balaban J connectivity index is 1.81. The highest BCUT2D eigenvalue weighted by molar-refractivity contribution is 5.49. The van der Waals surface area contributed by atoms with Gasteiger partial charge in [0.15, 0.2) is 0 Å². The minimum atomic E-state index is 0.346. The van der Waals surface area contributed by atoms with Gasteiger partial charge in [-0.1, -0.05) is 60.7 Å². The van der Waals surface area contributed by atoms with Crippen LogP contribution in [0.25, 0.3) is 0 Å². The van der Waals surface area contributed by atoms with Gasteiger partial charge < -0.3 is 5.32 Å². The first kappa shape index (κ1) is 10.2. The largest absolute Gasteiger partial charge is 0.378 e. The molecule has 0 fully saturated rings. The van der Waals surface area contributed by atoms with Crippen molar-refractivity contribution in [2.45, 2.75) is 6.04 Å². The van der Waals surface area contributed by atoms with Gasteiger partial charge in [0.2, 0.25) is 0 Å². The number of hydrogen-bond acceptors (Lipinski definition) is 1. The molecule has 0 bridgehead atoms. The highest BCUT2D eigenvalue weighted by atomic mass is 14.9. The normalized spacial score (nSPS) is 25.3. The molecule has 0 amide bonds. The number of nitrogens with one attached hydrogen (secondary N) is 1.